The normalized spacial score (nSPS) is 11.3. The molecule has 0 aliphatic carbocycles. The number of hydrogen-bond donors (Lipinski definition) is 3. The Morgan fingerprint density at radius 2 is 1.94 bits per heavy atom. The summed E-state index contributed by atoms with van der Waals surface area (Å²) in [4.78, 5) is 12.2. The van der Waals surface area contributed by atoms with Crippen molar-refractivity contribution in [1.29, 1.82) is 0 Å². The number of anilines is 1. The predicted octanol–water partition coefficient (Wildman–Crippen LogP) is 4.16. The number of ether oxygens (including phenoxy) is 1. The lowest BCUT2D eigenvalue weighted by atomic mass is 10.2. The van der Waals surface area contributed by atoms with E-state index in [1.54, 1.807) is 19.1 Å². The van der Waals surface area contributed by atoms with Gasteiger partial charge in [-0.05, 0) is 42.8 Å². The summed E-state index contributed by atoms with van der Waals surface area (Å²) in [5, 5.41) is 17.5. The van der Waals surface area contributed by atoms with Gasteiger partial charge in [-0.2, -0.15) is 18.3 Å². The van der Waals surface area contributed by atoms with Gasteiger partial charge in [0.2, 0.25) is 0 Å². The summed E-state index contributed by atoms with van der Waals surface area (Å²) >= 11 is 0. The van der Waals surface area contributed by atoms with Crippen LogP contribution < -0.4 is 15.4 Å². The molecule has 0 spiro atoms. The number of nitrogens with zero attached hydrogens (tertiary/aromatic N) is 2. The molecule has 1 heterocycles. The van der Waals surface area contributed by atoms with Crippen LogP contribution in [0, 0.1) is 12.7 Å². The summed E-state index contributed by atoms with van der Waals surface area (Å²) in [7, 11) is 1.44. The zero-order valence-electron chi connectivity index (χ0n) is 17.1. The standard InChI is InChI=1S/C21H20F4N4O3/c1-12-5-15(8-17(6-12)32-2)29-16(9-19(28-29)21(23,24)25)10-26-20(31)27-14-4-3-13(11-30)18(22)7-14/h3-9,30H,10-11H2,1-2H3,(H2,26,27,31). The van der Waals surface area contributed by atoms with Crippen LogP contribution in [0.2, 0.25) is 0 Å². The minimum atomic E-state index is -4.68. The highest BCUT2D eigenvalue weighted by molar-refractivity contribution is 5.89. The molecule has 1 aromatic heterocycles. The highest BCUT2D eigenvalue weighted by Gasteiger charge is 2.35. The Morgan fingerprint density at radius 3 is 2.56 bits per heavy atom. The van der Waals surface area contributed by atoms with E-state index < -0.39 is 30.3 Å². The summed E-state index contributed by atoms with van der Waals surface area (Å²) in [5.74, 6) is -0.263. The molecule has 3 N–H and O–H groups in total. The molecule has 3 rings (SSSR count). The topological polar surface area (TPSA) is 88.4 Å². The van der Waals surface area contributed by atoms with E-state index >= 15 is 0 Å². The maximum Gasteiger partial charge on any atom is 0.435 e. The predicted molar refractivity (Wildman–Crippen MR) is 108 cm³/mol. The summed E-state index contributed by atoms with van der Waals surface area (Å²) in [6, 6.07) is 8.66. The van der Waals surface area contributed by atoms with E-state index in [9.17, 15) is 22.4 Å². The number of carbonyl (C=O) groups excluding carboxylic acids is 1. The van der Waals surface area contributed by atoms with E-state index in [0.717, 1.165) is 22.4 Å². The lowest BCUT2D eigenvalue weighted by Gasteiger charge is -2.12. The summed E-state index contributed by atoms with van der Waals surface area (Å²) in [5.41, 5.74) is 0.210. The molecule has 11 heteroatoms. The molecule has 0 unspecified atom stereocenters. The molecule has 32 heavy (non-hydrogen) atoms. The molecule has 0 aliphatic rings. The zero-order chi connectivity index (χ0) is 23.5. The van der Waals surface area contributed by atoms with Crippen LogP contribution in [0.5, 0.6) is 5.75 Å². The smallest absolute Gasteiger partial charge is 0.435 e. The summed E-state index contributed by atoms with van der Waals surface area (Å²) in [6.45, 7) is 0.975. The Labute approximate surface area is 180 Å². The molecule has 0 radical (unpaired) electrons. The van der Waals surface area contributed by atoms with Gasteiger partial charge in [-0.1, -0.05) is 6.07 Å². The van der Waals surface area contributed by atoms with Crippen LogP contribution in [0.15, 0.2) is 42.5 Å². The van der Waals surface area contributed by atoms with Crippen molar-refractivity contribution in [3.63, 3.8) is 0 Å². The molecule has 170 valence electrons. The second kappa shape index (κ2) is 9.27. The van der Waals surface area contributed by atoms with Gasteiger partial charge in [-0.3, -0.25) is 0 Å². The molecule has 0 saturated heterocycles. The fourth-order valence-corrected chi connectivity index (χ4v) is 2.98. The number of aliphatic hydroxyl groups excluding tert-OH is 1. The number of rotatable bonds is 6. The zero-order valence-corrected chi connectivity index (χ0v) is 17.1. The van der Waals surface area contributed by atoms with Crippen molar-refractivity contribution < 1.29 is 32.2 Å². The Hall–Kier alpha value is -3.60. The first kappa shape index (κ1) is 23.1. The third-order valence-corrected chi connectivity index (χ3v) is 4.50. The third kappa shape index (κ3) is 5.35. The first-order valence-electron chi connectivity index (χ1n) is 9.37. The van der Waals surface area contributed by atoms with Crippen molar-refractivity contribution in [3.05, 3.63) is 70.8 Å². The van der Waals surface area contributed by atoms with Crippen molar-refractivity contribution in [3.8, 4) is 11.4 Å². The van der Waals surface area contributed by atoms with Crippen molar-refractivity contribution in [2.24, 2.45) is 0 Å². The van der Waals surface area contributed by atoms with Crippen LogP contribution in [0.1, 0.15) is 22.5 Å². The Kier molecular flexibility index (Phi) is 6.68. The number of benzene rings is 2. The van der Waals surface area contributed by atoms with Crippen LogP contribution in [-0.4, -0.2) is 28.0 Å². The average molecular weight is 452 g/mol. The van der Waals surface area contributed by atoms with Crippen molar-refractivity contribution in [2.75, 3.05) is 12.4 Å². The van der Waals surface area contributed by atoms with Gasteiger partial charge in [0.1, 0.15) is 11.6 Å². The quantitative estimate of drug-likeness (QED) is 0.490. The van der Waals surface area contributed by atoms with Crippen molar-refractivity contribution in [1.82, 2.24) is 15.1 Å². The summed E-state index contributed by atoms with van der Waals surface area (Å²) in [6.07, 6.45) is -4.68. The van der Waals surface area contributed by atoms with Crippen LogP contribution in [0.3, 0.4) is 0 Å². The summed E-state index contributed by atoms with van der Waals surface area (Å²) < 4.78 is 59.8. The van der Waals surface area contributed by atoms with Gasteiger partial charge in [0, 0.05) is 17.3 Å². The Morgan fingerprint density at radius 1 is 1.19 bits per heavy atom. The van der Waals surface area contributed by atoms with E-state index in [-0.39, 0.29) is 23.5 Å². The van der Waals surface area contributed by atoms with Gasteiger partial charge in [-0.25, -0.2) is 13.9 Å². The van der Waals surface area contributed by atoms with Gasteiger partial charge >= 0.3 is 12.2 Å². The Balaban J connectivity index is 1.82. The molecule has 0 saturated carbocycles. The fraction of sp³-hybridized carbons (Fsp3) is 0.238. The number of alkyl halides is 3. The number of amides is 2. The van der Waals surface area contributed by atoms with Gasteiger partial charge in [0.15, 0.2) is 5.69 Å². The van der Waals surface area contributed by atoms with Crippen LogP contribution >= 0.6 is 0 Å². The van der Waals surface area contributed by atoms with E-state index in [1.165, 1.54) is 25.3 Å². The minimum Gasteiger partial charge on any atom is -0.497 e. The number of hydrogen-bond acceptors (Lipinski definition) is 4. The Bertz CT molecular complexity index is 1130. The van der Waals surface area contributed by atoms with Crippen LogP contribution in [0.4, 0.5) is 28.0 Å². The van der Waals surface area contributed by atoms with Gasteiger partial charge in [0.05, 0.1) is 31.6 Å². The maximum atomic E-state index is 13.7. The molecule has 0 atom stereocenters. The first-order valence-corrected chi connectivity index (χ1v) is 9.37. The highest BCUT2D eigenvalue weighted by atomic mass is 19.4. The van der Waals surface area contributed by atoms with Crippen molar-refractivity contribution in [2.45, 2.75) is 26.3 Å². The number of methoxy groups -OCH3 is 1. The second-order valence-electron chi connectivity index (χ2n) is 6.91. The second-order valence-corrected chi connectivity index (χ2v) is 6.91. The molecule has 3 aromatic rings. The largest absolute Gasteiger partial charge is 0.497 e. The number of nitrogens with one attached hydrogen (secondary N) is 2. The lowest BCUT2D eigenvalue weighted by Crippen LogP contribution is -2.29. The van der Waals surface area contributed by atoms with Gasteiger partial charge in [0.25, 0.3) is 0 Å². The number of aliphatic hydroxyl groups is 1. The fourth-order valence-electron chi connectivity index (χ4n) is 2.98. The molecule has 7 nitrogen and oxygen atoms in total. The molecule has 2 aromatic carbocycles. The van der Waals surface area contributed by atoms with Crippen LogP contribution in [0.25, 0.3) is 5.69 Å². The number of halogens is 4. The molecule has 0 bridgehead atoms. The van der Waals surface area contributed by atoms with E-state index in [2.05, 4.69) is 15.7 Å². The minimum absolute atomic E-state index is 0.0631. The van der Waals surface area contributed by atoms with E-state index in [1.807, 2.05) is 0 Å². The van der Waals surface area contributed by atoms with E-state index in [4.69, 9.17) is 9.84 Å². The molecule has 0 fully saturated rings. The van der Waals surface area contributed by atoms with Crippen molar-refractivity contribution >= 4 is 11.7 Å². The lowest BCUT2D eigenvalue weighted by molar-refractivity contribution is -0.141. The molecule has 2 amide bonds. The monoisotopic (exact) mass is 452 g/mol. The number of urea groups is 1. The SMILES string of the molecule is COc1cc(C)cc(-n2nc(C(F)(F)F)cc2CNC(=O)Nc2ccc(CO)c(F)c2)c1. The van der Waals surface area contributed by atoms with E-state index in [0.29, 0.717) is 11.4 Å². The molecule has 0 aliphatic heterocycles. The van der Waals surface area contributed by atoms with Gasteiger partial charge < -0.3 is 20.5 Å². The highest BCUT2D eigenvalue weighted by Crippen LogP contribution is 2.30. The van der Waals surface area contributed by atoms with Crippen LogP contribution in [-0.2, 0) is 19.3 Å². The number of carbonyl (C=O) groups is 1. The third-order valence-electron chi connectivity index (χ3n) is 4.50. The number of aryl methyl sites for hydroxylation is 1. The molecular formula is C21H20F4N4O3. The van der Waals surface area contributed by atoms with Gasteiger partial charge in [-0.15, -0.1) is 0 Å². The maximum absolute atomic E-state index is 13.7. The average Bonchev–Trinajstić information content (AvgIpc) is 3.17. The molecular weight excluding hydrogens is 432 g/mol. The number of aromatic nitrogens is 2. The first-order chi connectivity index (χ1) is 15.1.